The van der Waals surface area contributed by atoms with Crippen molar-refractivity contribution in [3.63, 3.8) is 0 Å². The minimum atomic E-state index is -0.326. The predicted molar refractivity (Wildman–Crippen MR) is 148 cm³/mol. The number of hydrogen-bond acceptors (Lipinski definition) is 5. The summed E-state index contributed by atoms with van der Waals surface area (Å²) in [6.07, 6.45) is 5.95. The smallest absolute Gasteiger partial charge is 0.271 e. The Morgan fingerprint density at radius 1 is 0.949 bits per heavy atom. The zero-order valence-corrected chi connectivity index (χ0v) is 22.1. The van der Waals surface area contributed by atoms with Crippen LogP contribution in [0.4, 0.5) is 4.39 Å². The minimum Gasteiger partial charge on any atom is -0.411 e. The van der Waals surface area contributed by atoms with Crippen molar-refractivity contribution in [2.75, 3.05) is 26.2 Å². The number of unbranched alkanes of at least 4 members (excludes halogenated alkanes) is 1. The maximum atomic E-state index is 13.6. The normalized spacial score (nSPS) is 17.8. The number of aryl methyl sites for hydroxylation is 1. The number of benzene rings is 2. The molecule has 0 unspecified atom stereocenters. The van der Waals surface area contributed by atoms with E-state index in [1.54, 1.807) is 12.1 Å². The molecule has 1 fully saturated rings. The van der Waals surface area contributed by atoms with Crippen molar-refractivity contribution in [2.45, 2.75) is 45.2 Å². The van der Waals surface area contributed by atoms with Gasteiger partial charge in [-0.1, -0.05) is 35.5 Å². The third-order valence-electron chi connectivity index (χ3n) is 7.93. The van der Waals surface area contributed by atoms with E-state index in [9.17, 15) is 19.2 Å². The van der Waals surface area contributed by atoms with Crippen molar-refractivity contribution in [1.29, 1.82) is 0 Å². The fraction of sp³-hybridized carbons (Fsp3) is 0.387. The molecule has 2 aromatic carbocycles. The lowest BCUT2D eigenvalue weighted by Gasteiger charge is -2.31. The fourth-order valence-electron chi connectivity index (χ4n) is 5.70. The van der Waals surface area contributed by atoms with Crippen molar-refractivity contribution in [2.24, 2.45) is 11.1 Å². The van der Waals surface area contributed by atoms with Crippen LogP contribution in [0.1, 0.15) is 64.1 Å². The van der Waals surface area contributed by atoms with Gasteiger partial charge in [0, 0.05) is 49.3 Å². The van der Waals surface area contributed by atoms with Crippen LogP contribution in [0.15, 0.2) is 72.0 Å². The molecule has 8 heteroatoms. The highest BCUT2D eigenvalue weighted by Gasteiger charge is 2.30. The van der Waals surface area contributed by atoms with E-state index in [0.29, 0.717) is 48.6 Å². The van der Waals surface area contributed by atoms with Crippen LogP contribution in [0.5, 0.6) is 0 Å². The monoisotopic (exact) mass is 530 g/mol. The molecule has 0 bridgehead atoms. The molecule has 3 heterocycles. The predicted octanol–water partition coefficient (Wildman–Crippen LogP) is 5.23. The summed E-state index contributed by atoms with van der Waals surface area (Å²) in [5, 5.41) is 13.1. The standard InChI is InChI=1S/C31H35FN4O3/c32-26-10-8-24(9-11-26)30(37)25-12-18-34(19-13-25)16-4-5-17-35-20-14-27-28(33-39)15-21-36(31(38)29(27)35)22-23-6-2-1-3-7-23/h1-3,6-11,14,20,25,39H,4-5,12-13,15-19,21-22H2. The molecule has 1 saturated heterocycles. The largest absolute Gasteiger partial charge is 0.411 e. The van der Waals surface area contributed by atoms with Crippen LogP contribution in [0.2, 0.25) is 0 Å². The lowest BCUT2D eigenvalue weighted by molar-refractivity contribution is 0.0739. The molecule has 0 radical (unpaired) electrons. The molecule has 2 aliphatic rings. The first-order valence-electron chi connectivity index (χ1n) is 13.8. The number of fused-ring (bicyclic) bond motifs is 1. The quantitative estimate of drug-likeness (QED) is 0.178. The molecule has 1 amide bonds. The number of nitrogens with zero attached hydrogens (tertiary/aromatic N) is 4. The van der Waals surface area contributed by atoms with Crippen LogP contribution in [-0.2, 0) is 13.1 Å². The maximum absolute atomic E-state index is 13.6. The molecule has 0 spiro atoms. The minimum absolute atomic E-state index is 0.00530. The summed E-state index contributed by atoms with van der Waals surface area (Å²) in [6.45, 7) is 4.42. The topological polar surface area (TPSA) is 78.1 Å². The number of aromatic nitrogens is 1. The van der Waals surface area contributed by atoms with Gasteiger partial charge in [-0.2, -0.15) is 0 Å². The molecule has 0 atom stereocenters. The van der Waals surface area contributed by atoms with E-state index >= 15 is 0 Å². The van der Waals surface area contributed by atoms with E-state index in [-0.39, 0.29) is 23.4 Å². The Morgan fingerprint density at radius 2 is 1.67 bits per heavy atom. The summed E-state index contributed by atoms with van der Waals surface area (Å²) in [4.78, 5) is 30.6. The number of likely N-dealkylation sites (tertiary alicyclic amines) is 1. The average molecular weight is 531 g/mol. The highest BCUT2D eigenvalue weighted by molar-refractivity contribution is 6.11. The Balaban J connectivity index is 1.14. The van der Waals surface area contributed by atoms with Gasteiger partial charge in [-0.15, -0.1) is 0 Å². The Bertz CT molecular complexity index is 1310. The van der Waals surface area contributed by atoms with Gasteiger partial charge in [-0.25, -0.2) is 4.39 Å². The van der Waals surface area contributed by atoms with Gasteiger partial charge in [0.15, 0.2) is 5.78 Å². The Kier molecular flexibility index (Phi) is 8.51. The Morgan fingerprint density at radius 3 is 2.38 bits per heavy atom. The molecular formula is C31H35FN4O3. The van der Waals surface area contributed by atoms with Gasteiger partial charge in [-0.05, 0) is 81.2 Å². The van der Waals surface area contributed by atoms with Crippen LogP contribution in [-0.4, -0.2) is 63.2 Å². The number of Topliss-reactive ketones (excluding diaryl/α,β-unsaturated/α-hetero) is 1. The van der Waals surface area contributed by atoms with Gasteiger partial charge < -0.3 is 19.6 Å². The molecule has 204 valence electrons. The number of ketones is 1. The zero-order chi connectivity index (χ0) is 27.2. The highest BCUT2D eigenvalue weighted by Crippen LogP contribution is 2.24. The number of carbonyl (C=O) groups is 2. The summed E-state index contributed by atoms with van der Waals surface area (Å²) >= 11 is 0. The third kappa shape index (κ3) is 6.28. The summed E-state index contributed by atoms with van der Waals surface area (Å²) < 4.78 is 15.2. The SMILES string of the molecule is O=C(c1ccc(F)cc1)C1CCN(CCCCn2ccc3c2C(=O)N(Cc2ccccc2)CCC3=NO)CC1. The molecule has 5 rings (SSSR count). The zero-order valence-electron chi connectivity index (χ0n) is 22.1. The fourth-order valence-corrected chi connectivity index (χ4v) is 5.70. The number of hydrogen-bond donors (Lipinski definition) is 1. The van der Waals surface area contributed by atoms with E-state index in [0.717, 1.165) is 50.9 Å². The summed E-state index contributed by atoms with van der Waals surface area (Å²) in [5.41, 5.74) is 3.51. The summed E-state index contributed by atoms with van der Waals surface area (Å²) in [7, 11) is 0. The van der Waals surface area contributed by atoms with Gasteiger partial charge in [0.25, 0.3) is 5.91 Å². The Hall–Kier alpha value is -3.78. The number of piperidine rings is 1. The number of amides is 1. The molecule has 0 saturated carbocycles. The van der Waals surface area contributed by atoms with E-state index in [1.807, 2.05) is 52.1 Å². The van der Waals surface area contributed by atoms with E-state index in [2.05, 4.69) is 10.1 Å². The lowest BCUT2D eigenvalue weighted by atomic mass is 9.89. The van der Waals surface area contributed by atoms with Crippen LogP contribution in [0, 0.1) is 11.7 Å². The van der Waals surface area contributed by atoms with E-state index < -0.39 is 0 Å². The second kappa shape index (κ2) is 12.4. The van der Waals surface area contributed by atoms with Gasteiger partial charge in [-0.3, -0.25) is 9.59 Å². The molecule has 3 aromatic rings. The van der Waals surface area contributed by atoms with Crippen LogP contribution in [0.3, 0.4) is 0 Å². The summed E-state index contributed by atoms with van der Waals surface area (Å²) in [6, 6.07) is 17.7. The van der Waals surface area contributed by atoms with Crippen LogP contribution >= 0.6 is 0 Å². The number of oxime groups is 1. The first-order valence-corrected chi connectivity index (χ1v) is 13.8. The van der Waals surface area contributed by atoms with Crippen molar-refractivity contribution < 1.29 is 19.2 Å². The van der Waals surface area contributed by atoms with Crippen molar-refractivity contribution in [3.8, 4) is 0 Å². The van der Waals surface area contributed by atoms with Crippen molar-refractivity contribution in [3.05, 3.63) is 95.1 Å². The molecular weight excluding hydrogens is 495 g/mol. The summed E-state index contributed by atoms with van der Waals surface area (Å²) in [5.74, 6) is -0.257. The molecule has 7 nitrogen and oxygen atoms in total. The molecule has 2 aliphatic heterocycles. The highest BCUT2D eigenvalue weighted by atomic mass is 19.1. The molecule has 1 N–H and O–H groups in total. The van der Waals surface area contributed by atoms with Crippen LogP contribution < -0.4 is 0 Å². The number of halogens is 1. The van der Waals surface area contributed by atoms with Crippen LogP contribution in [0.25, 0.3) is 0 Å². The van der Waals surface area contributed by atoms with Gasteiger partial charge in [0.05, 0.1) is 5.71 Å². The molecule has 0 aliphatic carbocycles. The van der Waals surface area contributed by atoms with E-state index in [1.165, 1.54) is 12.1 Å². The molecule has 39 heavy (non-hydrogen) atoms. The third-order valence-corrected chi connectivity index (χ3v) is 7.93. The lowest BCUT2D eigenvalue weighted by Crippen LogP contribution is -2.37. The molecule has 1 aromatic heterocycles. The maximum Gasteiger partial charge on any atom is 0.271 e. The number of rotatable bonds is 9. The van der Waals surface area contributed by atoms with Gasteiger partial charge in [0.1, 0.15) is 11.5 Å². The second-order valence-corrected chi connectivity index (χ2v) is 10.5. The first kappa shape index (κ1) is 26.8. The van der Waals surface area contributed by atoms with Gasteiger partial charge >= 0.3 is 0 Å². The Labute approximate surface area is 228 Å². The first-order chi connectivity index (χ1) is 19.0. The second-order valence-electron chi connectivity index (χ2n) is 10.5. The average Bonchev–Trinajstić information content (AvgIpc) is 3.33. The van der Waals surface area contributed by atoms with Gasteiger partial charge in [0.2, 0.25) is 0 Å². The van der Waals surface area contributed by atoms with E-state index in [4.69, 9.17) is 0 Å². The van der Waals surface area contributed by atoms with Crippen molar-refractivity contribution >= 4 is 17.4 Å². The van der Waals surface area contributed by atoms with Crippen molar-refractivity contribution in [1.82, 2.24) is 14.4 Å². The number of carbonyl (C=O) groups excluding carboxylic acids is 2.